The van der Waals surface area contributed by atoms with Crippen LogP contribution in [0.5, 0.6) is 0 Å². The molecular weight excluding hydrogens is 308 g/mol. The lowest BCUT2D eigenvalue weighted by Crippen LogP contribution is -2.02. The Kier molecular flexibility index (Phi) is 5.95. The summed E-state index contributed by atoms with van der Waals surface area (Å²) in [5.41, 5.74) is 5.72. The fourth-order valence-electron chi connectivity index (χ4n) is 2.26. The van der Waals surface area contributed by atoms with Crippen molar-refractivity contribution in [1.29, 1.82) is 0 Å². The molecule has 0 bridgehead atoms. The van der Waals surface area contributed by atoms with Crippen molar-refractivity contribution < 1.29 is 9.90 Å². The molecule has 0 radical (unpaired) electrons. The van der Waals surface area contributed by atoms with Crippen LogP contribution in [-0.2, 0) is 4.79 Å². The van der Waals surface area contributed by atoms with E-state index in [-0.39, 0.29) is 5.78 Å². The van der Waals surface area contributed by atoms with Gasteiger partial charge >= 0.3 is 0 Å². The van der Waals surface area contributed by atoms with Crippen LogP contribution >= 0.6 is 11.6 Å². The number of hydrogen-bond donors (Lipinski definition) is 1. The number of hydrogen-bond acceptors (Lipinski definition) is 2. The molecule has 2 aromatic rings. The van der Waals surface area contributed by atoms with E-state index in [0.29, 0.717) is 28.2 Å². The summed E-state index contributed by atoms with van der Waals surface area (Å²) in [6.45, 7) is 3.54. The molecule has 0 aromatic heterocycles. The van der Waals surface area contributed by atoms with Gasteiger partial charge < -0.3 is 5.11 Å². The minimum absolute atomic E-state index is 0.0155. The van der Waals surface area contributed by atoms with Crippen molar-refractivity contribution in [1.82, 2.24) is 0 Å². The SMILES string of the molecule is CCC(=O)C(C)=C=C(c1ccccc1)C(O)c1ccc(Cl)cc1. The number of rotatable bonds is 5. The number of aliphatic hydroxyl groups excluding tert-OH is 1. The van der Waals surface area contributed by atoms with Gasteiger partial charge in [-0.25, -0.2) is 0 Å². The van der Waals surface area contributed by atoms with E-state index in [1.165, 1.54) is 0 Å². The van der Waals surface area contributed by atoms with Crippen LogP contribution in [0, 0.1) is 0 Å². The number of carbonyl (C=O) groups is 1. The number of benzene rings is 2. The highest BCUT2D eigenvalue weighted by molar-refractivity contribution is 6.30. The van der Waals surface area contributed by atoms with E-state index >= 15 is 0 Å². The minimum Gasteiger partial charge on any atom is -0.383 e. The maximum atomic E-state index is 11.9. The molecule has 0 amide bonds. The smallest absolute Gasteiger partial charge is 0.165 e. The van der Waals surface area contributed by atoms with Gasteiger partial charge in [-0.1, -0.05) is 61.0 Å². The van der Waals surface area contributed by atoms with Crippen LogP contribution in [0.1, 0.15) is 37.5 Å². The predicted molar refractivity (Wildman–Crippen MR) is 94.3 cm³/mol. The van der Waals surface area contributed by atoms with E-state index in [4.69, 9.17) is 11.6 Å². The first-order valence-electron chi connectivity index (χ1n) is 7.52. The average molecular weight is 327 g/mol. The largest absolute Gasteiger partial charge is 0.383 e. The highest BCUT2D eigenvalue weighted by atomic mass is 35.5. The topological polar surface area (TPSA) is 37.3 Å². The van der Waals surface area contributed by atoms with Crippen molar-refractivity contribution in [2.24, 2.45) is 0 Å². The third-order valence-corrected chi connectivity index (χ3v) is 3.86. The average Bonchev–Trinajstić information content (AvgIpc) is 2.59. The zero-order chi connectivity index (χ0) is 16.8. The summed E-state index contributed by atoms with van der Waals surface area (Å²) in [7, 11) is 0. The third-order valence-electron chi connectivity index (χ3n) is 3.61. The van der Waals surface area contributed by atoms with E-state index in [1.54, 1.807) is 31.2 Å². The Morgan fingerprint density at radius 1 is 1.13 bits per heavy atom. The fourth-order valence-corrected chi connectivity index (χ4v) is 2.39. The summed E-state index contributed by atoms with van der Waals surface area (Å²) < 4.78 is 0. The van der Waals surface area contributed by atoms with Crippen LogP contribution in [0.4, 0.5) is 0 Å². The Morgan fingerprint density at radius 2 is 1.74 bits per heavy atom. The molecule has 0 saturated heterocycles. The number of ketones is 1. The normalized spacial score (nSPS) is 11.5. The Balaban J connectivity index is 2.56. The Labute approximate surface area is 141 Å². The number of halogens is 1. The molecule has 2 nitrogen and oxygen atoms in total. The van der Waals surface area contributed by atoms with Crippen LogP contribution in [0.2, 0.25) is 5.02 Å². The van der Waals surface area contributed by atoms with E-state index in [2.05, 4.69) is 5.73 Å². The number of Topliss-reactive ketones (excluding diaryl/α,β-unsaturated/α-hetero) is 1. The van der Waals surface area contributed by atoms with Gasteiger partial charge in [-0.2, -0.15) is 0 Å². The Hall–Kier alpha value is -2.12. The predicted octanol–water partition coefficient (Wildman–Crippen LogP) is 4.98. The molecule has 1 N–H and O–H groups in total. The van der Waals surface area contributed by atoms with E-state index in [9.17, 15) is 9.90 Å². The van der Waals surface area contributed by atoms with Gasteiger partial charge in [-0.3, -0.25) is 4.79 Å². The summed E-state index contributed by atoms with van der Waals surface area (Å²) in [6, 6.07) is 16.5. The summed E-state index contributed by atoms with van der Waals surface area (Å²) >= 11 is 5.90. The molecule has 1 atom stereocenters. The van der Waals surface area contributed by atoms with Crippen molar-refractivity contribution in [2.75, 3.05) is 0 Å². The molecule has 0 aliphatic carbocycles. The lowest BCUT2D eigenvalue weighted by molar-refractivity contribution is -0.115. The molecule has 3 heteroatoms. The Bertz CT molecular complexity index is 739. The quantitative estimate of drug-likeness (QED) is 0.621. The summed E-state index contributed by atoms with van der Waals surface area (Å²) in [6.07, 6.45) is -0.466. The molecule has 2 rings (SSSR count). The molecule has 0 aliphatic rings. The highest BCUT2D eigenvalue weighted by Gasteiger charge is 2.16. The van der Waals surface area contributed by atoms with E-state index in [1.807, 2.05) is 37.3 Å². The summed E-state index contributed by atoms with van der Waals surface area (Å²) in [5.74, 6) is 0.0155. The second kappa shape index (κ2) is 7.94. The maximum absolute atomic E-state index is 11.9. The molecule has 0 aliphatic heterocycles. The highest BCUT2D eigenvalue weighted by Crippen LogP contribution is 2.30. The monoisotopic (exact) mass is 326 g/mol. The van der Waals surface area contributed by atoms with Crippen molar-refractivity contribution in [3.63, 3.8) is 0 Å². The van der Waals surface area contributed by atoms with Crippen molar-refractivity contribution in [2.45, 2.75) is 26.4 Å². The van der Waals surface area contributed by atoms with Crippen molar-refractivity contribution in [3.8, 4) is 0 Å². The lowest BCUT2D eigenvalue weighted by Gasteiger charge is -2.14. The van der Waals surface area contributed by atoms with Crippen LogP contribution in [0.3, 0.4) is 0 Å². The first-order valence-corrected chi connectivity index (χ1v) is 7.90. The van der Waals surface area contributed by atoms with E-state index in [0.717, 1.165) is 5.56 Å². The second-order valence-corrected chi connectivity index (χ2v) is 5.70. The summed E-state index contributed by atoms with van der Waals surface area (Å²) in [4.78, 5) is 11.9. The Morgan fingerprint density at radius 3 is 2.30 bits per heavy atom. The van der Waals surface area contributed by atoms with Gasteiger partial charge in [0.1, 0.15) is 6.10 Å². The maximum Gasteiger partial charge on any atom is 0.165 e. The van der Waals surface area contributed by atoms with Crippen LogP contribution < -0.4 is 0 Å². The van der Waals surface area contributed by atoms with Gasteiger partial charge in [0.15, 0.2) is 5.78 Å². The molecule has 1 unspecified atom stereocenters. The molecule has 2 aromatic carbocycles. The van der Waals surface area contributed by atoms with Gasteiger partial charge in [0.2, 0.25) is 0 Å². The van der Waals surface area contributed by atoms with Crippen LogP contribution in [0.15, 0.2) is 65.9 Å². The molecule has 23 heavy (non-hydrogen) atoms. The first kappa shape index (κ1) is 17.2. The second-order valence-electron chi connectivity index (χ2n) is 5.26. The molecule has 118 valence electrons. The van der Waals surface area contributed by atoms with Gasteiger partial charge in [-0.05, 0) is 30.2 Å². The number of aliphatic hydroxyl groups is 1. The van der Waals surface area contributed by atoms with Crippen molar-refractivity contribution in [3.05, 3.63) is 82.1 Å². The first-order chi connectivity index (χ1) is 11.0. The molecule has 0 saturated carbocycles. The molecule has 0 spiro atoms. The van der Waals surface area contributed by atoms with Gasteiger partial charge in [0.25, 0.3) is 0 Å². The van der Waals surface area contributed by atoms with Crippen molar-refractivity contribution >= 4 is 23.0 Å². The standard InChI is InChI=1S/C20H19ClO2/c1-3-19(22)14(2)13-18(15-7-5-4-6-8-15)20(23)16-9-11-17(21)12-10-16/h4-12,20,23H,3H2,1-2H3. The van der Waals surface area contributed by atoms with Gasteiger partial charge in [0.05, 0.1) is 0 Å². The van der Waals surface area contributed by atoms with E-state index < -0.39 is 6.10 Å². The zero-order valence-corrected chi connectivity index (χ0v) is 14.0. The van der Waals surface area contributed by atoms with Crippen LogP contribution in [-0.4, -0.2) is 10.9 Å². The summed E-state index contributed by atoms with van der Waals surface area (Å²) in [5, 5.41) is 11.4. The molecule has 0 heterocycles. The molecule has 0 fully saturated rings. The third kappa shape index (κ3) is 4.43. The van der Waals surface area contributed by atoms with Gasteiger partial charge in [0, 0.05) is 22.6 Å². The van der Waals surface area contributed by atoms with Gasteiger partial charge in [-0.15, -0.1) is 5.73 Å². The minimum atomic E-state index is -0.880. The zero-order valence-electron chi connectivity index (χ0n) is 13.2. The molecular formula is C20H19ClO2. The number of carbonyl (C=O) groups excluding carboxylic acids is 1. The van der Waals surface area contributed by atoms with Crippen LogP contribution in [0.25, 0.3) is 5.57 Å². The lowest BCUT2D eigenvalue weighted by atomic mass is 9.95. The fraction of sp³-hybridized carbons (Fsp3) is 0.200.